The molecule has 0 saturated carbocycles. The molecule has 0 aromatic heterocycles. The molecule has 0 saturated heterocycles. The summed E-state index contributed by atoms with van der Waals surface area (Å²) >= 11 is 11.7. The molecule has 2 amide bonds. The number of hydrogen-bond acceptors (Lipinski definition) is 3. The molecule has 0 unspecified atom stereocenters. The topological polar surface area (TPSA) is 67.4 Å². The lowest BCUT2D eigenvalue weighted by Gasteiger charge is -2.10. The first-order chi connectivity index (χ1) is 11.5. The molecule has 0 heterocycles. The Morgan fingerprint density at radius 2 is 1.79 bits per heavy atom. The SMILES string of the molecule is CCCOc1cccc(C(=O)NNC(=O)c2ccc(Cl)cc2Cl)c1. The van der Waals surface area contributed by atoms with Crippen molar-refractivity contribution in [2.45, 2.75) is 13.3 Å². The van der Waals surface area contributed by atoms with Gasteiger partial charge in [0.15, 0.2) is 0 Å². The fourth-order valence-corrected chi connectivity index (χ4v) is 2.37. The highest BCUT2D eigenvalue weighted by molar-refractivity contribution is 6.36. The summed E-state index contributed by atoms with van der Waals surface area (Å²) in [4.78, 5) is 24.2. The average molecular weight is 367 g/mol. The number of rotatable bonds is 5. The maximum absolute atomic E-state index is 12.1. The quantitative estimate of drug-likeness (QED) is 0.789. The van der Waals surface area contributed by atoms with Gasteiger partial charge in [-0.2, -0.15) is 0 Å². The lowest BCUT2D eigenvalue weighted by Crippen LogP contribution is -2.41. The van der Waals surface area contributed by atoms with Gasteiger partial charge in [-0.15, -0.1) is 0 Å². The summed E-state index contributed by atoms with van der Waals surface area (Å²) in [5.41, 5.74) is 5.23. The molecule has 2 aromatic carbocycles. The predicted molar refractivity (Wildman–Crippen MR) is 93.6 cm³/mol. The minimum atomic E-state index is -0.539. The number of hydrazine groups is 1. The van der Waals surface area contributed by atoms with Gasteiger partial charge in [-0.3, -0.25) is 20.4 Å². The van der Waals surface area contributed by atoms with Crippen LogP contribution >= 0.6 is 23.2 Å². The highest BCUT2D eigenvalue weighted by Crippen LogP contribution is 2.20. The van der Waals surface area contributed by atoms with E-state index in [1.807, 2.05) is 6.92 Å². The highest BCUT2D eigenvalue weighted by atomic mass is 35.5. The van der Waals surface area contributed by atoms with Crippen molar-refractivity contribution < 1.29 is 14.3 Å². The van der Waals surface area contributed by atoms with Gasteiger partial charge in [-0.1, -0.05) is 36.2 Å². The number of benzene rings is 2. The zero-order valence-electron chi connectivity index (χ0n) is 12.9. The van der Waals surface area contributed by atoms with E-state index in [1.165, 1.54) is 12.1 Å². The minimum absolute atomic E-state index is 0.198. The van der Waals surface area contributed by atoms with Crippen molar-refractivity contribution in [2.24, 2.45) is 0 Å². The third-order valence-electron chi connectivity index (χ3n) is 3.03. The summed E-state index contributed by atoms with van der Waals surface area (Å²) < 4.78 is 5.47. The maximum atomic E-state index is 12.1. The first-order valence-corrected chi connectivity index (χ1v) is 8.05. The lowest BCUT2D eigenvalue weighted by molar-refractivity contribution is 0.0846. The molecule has 0 fully saturated rings. The Hall–Kier alpha value is -2.24. The third kappa shape index (κ3) is 4.88. The molecule has 0 aliphatic rings. The third-order valence-corrected chi connectivity index (χ3v) is 3.58. The van der Waals surface area contributed by atoms with Crippen LogP contribution in [-0.2, 0) is 0 Å². The number of halogens is 2. The summed E-state index contributed by atoms with van der Waals surface area (Å²) in [5.74, 6) is -0.407. The molecule has 0 atom stereocenters. The van der Waals surface area contributed by atoms with Crippen LogP contribution in [0.25, 0.3) is 0 Å². The highest BCUT2D eigenvalue weighted by Gasteiger charge is 2.13. The molecular weight excluding hydrogens is 351 g/mol. The van der Waals surface area contributed by atoms with Gasteiger partial charge in [0.25, 0.3) is 11.8 Å². The number of carbonyl (C=O) groups excluding carboxylic acids is 2. The number of hydrogen-bond donors (Lipinski definition) is 2. The van der Waals surface area contributed by atoms with Gasteiger partial charge in [0.1, 0.15) is 5.75 Å². The van der Waals surface area contributed by atoms with Crippen molar-refractivity contribution in [3.8, 4) is 5.75 Å². The number of nitrogens with one attached hydrogen (secondary N) is 2. The molecule has 2 rings (SSSR count). The van der Waals surface area contributed by atoms with E-state index < -0.39 is 11.8 Å². The monoisotopic (exact) mass is 366 g/mol. The Labute approximate surface area is 149 Å². The normalized spacial score (nSPS) is 10.1. The number of amides is 2. The molecule has 0 bridgehead atoms. The van der Waals surface area contributed by atoms with Crippen LogP contribution in [-0.4, -0.2) is 18.4 Å². The second-order valence-electron chi connectivity index (χ2n) is 4.91. The fraction of sp³-hybridized carbons (Fsp3) is 0.176. The largest absolute Gasteiger partial charge is 0.494 e. The Kier molecular flexibility index (Phi) is 6.46. The number of carbonyl (C=O) groups is 2. The summed E-state index contributed by atoms with van der Waals surface area (Å²) in [7, 11) is 0. The van der Waals surface area contributed by atoms with Gasteiger partial charge in [0.05, 0.1) is 17.2 Å². The molecule has 0 aliphatic heterocycles. The minimum Gasteiger partial charge on any atom is -0.494 e. The summed E-state index contributed by atoms with van der Waals surface area (Å²) in [5, 5.41) is 0.619. The second-order valence-corrected chi connectivity index (χ2v) is 5.75. The standard InChI is InChI=1S/C17H16Cl2N2O3/c1-2-8-24-13-5-3-4-11(9-13)16(22)20-21-17(23)14-7-6-12(18)10-15(14)19/h3-7,9-10H,2,8H2,1H3,(H,20,22)(H,21,23). The zero-order chi connectivity index (χ0) is 17.5. The smallest absolute Gasteiger partial charge is 0.271 e. The molecule has 0 radical (unpaired) electrons. The van der Waals surface area contributed by atoms with Crippen LogP contribution in [0.5, 0.6) is 5.75 Å². The van der Waals surface area contributed by atoms with E-state index in [0.717, 1.165) is 6.42 Å². The Bertz CT molecular complexity index is 750. The lowest BCUT2D eigenvalue weighted by atomic mass is 10.2. The van der Waals surface area contributed by atoms with E-state index in [4.69, 9.17) is 27.9 Å². The molecule has 5 nitrogen and oxygen atoms in total. The molecule has 2 N–H and O–H groups in total. The summed E-state index contributed by atoms with van der Waals surface area (Å²) in [6, 6.07) is 11.2. The van der Waals surface area contributed by atoms with Crippen molar-refractivity contribution >= 4 is 35.0 Å². The van der Waals surface area contributed by atoms with E-state index in [2.05, 4.69) is 10.9 Å². The first kappa shape index (κ1) is 18.1. The summed E-state index contributed by atoms with van der Waals surface area (Å²) in [6.45, 7) is 2.56. The molecule has 7 heteroatoms. The van der Waals surface area contributed by atoms with Crippen LogP contribution in [0.15, 0.2) is 42.5 Å². The van der Waals surface area contributed by atoms with Crippen molar-refractivity contribution in [2.75, 3.05) is 6.61 Å². The molecule has 0 aliphatic carbocycles. The van der Waals surface area contributed by atoms with Gasteiger partial charge < -0.3 is 4.74 Å². The molecule has 0 spiro atoms. The Morgan fingerprint density at radius 3 is 2.50 bits per heavy atom. The molecule has 126 valence electrons. The van der Waals surface area contributed by atoms with Crippen LogP contribution in [0.2, 0.25) is 10.0 Å². The maximum Gasteiger partial charge on any atom is 0.271 e. The van der Waals surface area contributed by atoms with Crippen molar-refractivity contribution in [1.29, 1.82) is 0 Å². The molecular formula is C17H16Cl2N2O3. The Morgan fingerprint density at radius 1 is 1.04 bits per heavy atom. The van der Waals surface area contributed by atoms with Crippen LogP contribution in [0.4, 0.5) is 0 Å². The average Bonchev–Trinajstić information content (AvgIpc) is 2.57. The van der Waals surface area contributed by atoms with Crippen LogP contribution < -0.4 is 15.6 Å². The van der Waals surface area contributed by atoms with Crippen molar-refractivity contribution in [1.82, 2.24) is 10.9 Å². The van der Waals surface area contributed by atoms with E-state index in [-0.39, 0.29) is 10.6 Å². The van der Waals surface area contributed by atoms with Crippen molar-refractivity contribution in [3.63, 3.8) is 0 Å². The van der Waals surface area contributed by atoms with Gasteiger partial charge in [-0.25, -0.2) is 0 Å². The molecule has 2 aromatic rings. The first-order valence-electron chi connectivity index (χ1n) is 7.30. The van der Waals surface area contributed by atoms with Crippen LogP contribution in [0, 0.1) is 0 Å². The van der Waals surface area contributed by atoms with Gasteiger partial charge in [0, 0.05) is 10.6 Å². The van der Waals surface area contributed by atoms with Crippen LogP contribution in [0.1, 0.15) is 34.1 Å². The van der Waals surface area contributed by atoms with Crippen LogP contribution in [0.3, 0.4) is 0 Å². The number of ether oxygens (including phenoxy) is 1. The van der Waals surface area contributed by atoms with E-state index in [1.54, 1.807) is 30.3 Å². The second kappa shape index (κ2) is 8.57. The zero-order valence-corrected chi connectivity index (χ0v) is 14.4. The van der Waals surface area contributed by atoms with Gasteiger partial charge >= 0.3 is 0 Å². The molecule has 24 heavy (non-hydrogen) atoms. The fourth-order valence-electron chi connectivity index (χ4n) is 1.87. The Balaban J connectivity index is 1.98. The van der Waals surface area contributed by atoms with E-state index >= 15 is 0 Å². The van der Waals surface area contributed by atoms with E-state index in [9.17, 15) is 9.59 Å². The van der Waals surface area contributed by atoms with E-state index in [0.29, 0.717) is 22.9 Å². The van der Waals surface area contributed by atoms with Crippen molar-refractivity contribution in [3.05, 3.63) is 63.6 Å². The van der Waals surface area contributed by atoms with Gasteiger partial charge in [-0.05, 0) is 42.8 Å². The van der Waals surface area contributed by atoms with Gasteiger partial charge in [0.2, 0.25) is 0 Å². The summed E-state index contributed by atoms with van der Waals surface area (Å²) in [6.07, 6.45) is 0.869. The predicted octanol–water partition coefficient (Wildman–Crippen LogP) is 3.86.